The Labute approximate surface area is 108 Å². The molecule has 0 bridgehead atoms. The summed E-state index contributed by atoms with van der Waals surface area (Å²) in [6.07, 6.45) is 3.48. The van der Waals surface area contributed by atoms with Crippen molar-refractivity contribution in [2.45, 2.75) is 26.7 Å². The number of carbonyl (C=O) groups excluding carboxylic acids is 1. The Morgan fingerprint density at radius 3 is 2.39 bits per heavy atom. The van der Waals surface area contributed by atoms with Gasteiger partial charge in [0.1, 0.15) is 5.69 Å². The van der Waals surface area contributed by atoms with Crippen LogP contribution in [0.1, 0.15) is 41.0 Å². The number of aryl methyl sites for hydroxylation is 2. The minimum absolute atomic E-state index is 0.00935. The number of benzene rings is 1. The number of ketones is 1. The molecule has 92 valence electrons. The third-order valence-corrected chi connectivity index (χ3v) is 3.11. The highest BCUT2D eigenvalue weighted by molar-refractivity contribution is 6.08. The zero-order chi connectivity index (χ0) is 13.0. The van der Waals surface area contributed by atoms with Crippen molar-refractivity contribution in [3.05, 3.63) is 65.0 Å². The largest absolute Gasteiger partial charge is 0.287 e. The molecular weight excluding hydrogens is 222 g/mol. The number of aromatic nitrogens is 1. The molecule has 2 nitrogen and oxygen atoms in total. The van der Waals surface area contributed by atoms with E-state index in [0.717, 1.165) is 18.4 Å². The predicted molar refractivity (Wildman–Crippen MR) is 72.9 cm³/mol. The first-order valence-corrected chi connectivity index (χ1v) is 6.33. The molecule has 1 heterocycles. The van der Waals surface area contributed by atoms with Crippen molar-refractivity contribution in [1.82, 2.24) is 4.98 Å². The molecule has 0 fully saturated rings. The Morgan fingerprint density at radius 1 is 1.06 bits per heavy atom. The summed E-state index contributed by atoms with van der Waals surface area (Å²) in [6.45, 7) is 4.14. The Bertz CT molecular complexity index is 543. The smallest absolute Gasteiger partial charge is 0.211 e. The second kappa shape index (κ2) is 5.58. The average molecular weight is 239 g/mol. The molecule has 1 aromatic carbocycles. The van der Waals surface area contributed by atoms with E-state index in [9.17, 15) is 4.79 Å². The van der Waals surface area contributed by atoms with E-state index >= 15 is 0 Å². The maximum atomic E-state index is 12.4. The van der Waals surface area contributed by atoms with Crippen LogP contribution in [-0.4, -0.2) is 10.8 Å². The maximum Gasteiger partial charge on any atom is 0.211 e. The minimum atomic E-state index is 0.00935. The molecule has 0 atom stereocenters. The molecule has 0 unspecified atom stereocenters. The van der Waals surface area contributed by atoms with Gasteiger partial charge >= 0.3 is 0 Å². The zero-order valence-electron chi connectivity index (χ0n) is 10.8. The Morgan fingerprint density at radius 2 is 1.78 bits per heavy atom. The molecule has 0 aliphatic rings. The summed E-state index contributed by atoms with van der Waals surface area (Å²) < 4.78 is 0. The number of nitrogens with zero attached hydrogens (tertiary/aromatic N) is 1. The lowest BCUT2D eigenvalue weighted by Gasteiger charge is -2.06. The van der Waals surface area contributed by atoms with Crippen LogP contribution < -0.4 is 0 Å². The normalized spacial score (nSPS) is 10.3. The Hall–Kier alpha value is -1.96. The molecule has 0 saturated carbocycles. The molecule has 0 radical (unpaired) electrons. The van der Waals surface area contributed by atoms with E-state index < -0.39 is 0 Å². The van der Waals surface area contributed by atoms with Gasteiger partial charge in [-0.1, -0.05) is 44.2 Å². The first-order chi connectivity index (χ1) is 8.76. The van der Waals surface area contributed by atoms with Gasteiger partial charge in [-0.05, 0) is 30.0 Å². The van der Waals surface area contributed by atoms with Crippen LogP contribution in [0.2, 0.25) is 0 Å². The quantitative estimate of drug-likeness (QED) is 0.765. The van der Waals surface area contributed by atoms with Gasteiger partial charge in [-0.3, -0.25) is 9.78 Å². The van der Waals surface area contributed by atoms with E-state index in [2.05, 4.69) is 11.9 Å². The van der Waals surface area contributed by atoms with Crippen molar-refractivity contribution >= 4 is 5.78 Å². The number of carbonyl (C=O) groups is 1. The van der Waals surface area contributed by atoms with Crippen molar-refractivity contribution in [1.29, 1.82) is 0 Å². The fourth-order valence-electron chi connectivity index (χ4n) is 1.96. The van der Waals surface area contributed by atoms with Gasteiger partial charge in [-0.15, -0.1) is 0 Å². The molecule has 0 N–H and O–H groups in total. The van der Waals surface area contributed by atoms with Crippen molar-refractivity contribution in [2.75, 3.05) is 0 Å². The predicted octanol–water partition coefficient (Wildman–Crippen LogP) is 3.44. The fraction of sp³-hybridized carbons (Fsp3) is 0.250. The molecule has 0 saturated heterocycles. The van der Waals surface area contributed by atoms with Gasteiger partial charge < -0.3 is 0 Å². The first-order valence-electron chi connectivity index (χ1n) is 6.33. The molecule has 2 rings (SSSR count). The van der Waals surface area contributed by atoms with Gasteiger partial charge in [-0.25, -0.2) is 0 Å². The minimum Gasteiger partial charge on any atom is -0.287 e. The number of hydrogen-bond donors (Lipinski definition) is 0. The zero-order valence-corrected chi connectivity index (χ0v) is 10.8. The number of hydrogen-bond acceptors (Lipinski definition) is 2. The van der Waals surface area contributed by atoms with Crippen LogP contribution in [0, 0.1) is 0 Å². The summed E-state index contributed by atoms with van der Waals surface area (Å²) in [4.78, 5) is 16.6. The van der Waals surface area contributed by atoms with Crippen LogP contribution in [0.15, 0.2) is 42.6 Å². The topological polar surface area (TPSA) is 30.0 Å². The molecule has 18 heavy (non-hydrogen) atoms. The molecule has 0 aliphatic heterocycles. The molecule has 2 heteroatoms. The van der Waals surface area contributed by atoms with Crippen LogP contribution in [-0.2, 0) is 12.8 Å². The van der Waals surface area contributed by atoms with Crippen LogP contribution in [0.5, 0.6) is 0 Å². The van der Waals surface area contributed by atoms with Crippen molar-refractivity contribution in [3.63, 3.8) is 0 Å². The summed E-state index contributed by atoms with van der Waals surface area (Å²) in [5.74, 6) is 0.00935. The highest BCUT2D eigenvalue weighted by Gasteiger charge is 2.13. The van der Waals surface area contributed by atoms with Gasteiger partial charge in [0.15, 0.2) is 0 Å². The lowest BCUT2D eigenvalue weighted by molar-refractivity contribution is 0.103. The van der Waals surface area contributed by atoms with Gasteiger partial charge in [0, 0.05) is 11.8 Å². The van der Waals surface area contributed by atoms with Crippen molar-refractivity contribution in [3.8, 4) is 0 Å². The average Bonchev–Trinajstić information content (AvgIpc) is 2.46. The van der Waals surface area contributed by atoms with Crippen LogP contribution >= 0.6 is 0 Å². The van der Waals surface area contributed by atoms with Gasteiger partial charge in [-0.2, -0.15) is 0 Å². The lowest BCUT2D eigenvalue weighted by atomic mass is 10.0. The molecule has 0 spiro atoms. The lowest BCUT2D eigenvalue weighted by Crippen LogP contribution is -2.07. The van der Waals surface area contributed by atoms with Crippen molar-refractivity contribution in [2.24, 2.45) is 0 Å². The van der Waals surface area contributed by atoms with E-state index in [1.165, 1.54) is 5.56 Å². The van der Waals surface area contributed by atoms with E-state index in [1.54, 1.807) is 6.20 Å². The maximum absolute atomic E-state index is 12.4. The van der Waals surface area contributed by atoms with Crippen LogP contribution in [0.25, 0.3) is 0 Å². The van der Waals surface area contributed by atoms with Gasteiger partial charge in [0.05, 0.1) is 0 Å². The summed E-state index contributed by atoms with van der Waals surface area (Å²) in [5, 5.41) is 0. The first kappa shape index (κ1) is 12.5. The summed E-state index contributed by atoms with van der Waals surface area (Å²) in [5.41, 5.74) is 3.52. The second-order valence-corrected chi connectivity index (χ2v) is 4.24. The third kappa shape index (κ3) is 2.48. The van der Waals surface area contributed by atoms with Gasteiger partial charge in [0.25, 0.3) is 0 Å². The van der Waals surface area contributed by atoms with Crippen LogP contribution in [0.4, 0.5) is 0 Å². The van der Waals surface area contributed by atoms with Crippen LogP contribution in [0.3, 0.4) is 0 Å². The SMILES string of the molecule is CCc1ccc(C(=O)c2ncccc2CC)cc1. The number of rotatable bonds is 4. The van der Waals surface area contributed by atoms with Crippen molar-refractivity contribution < 1.29 is 4.79 Å². The molecule has 0 amide bonds. The Kier molecular flexibility index (Phi) is 3.88. The highest BCUT2D eigenvalue weighted by atomic mass is 16.1. The molecule has 1 aromatic heterocycles. The highest BCUT2D eigenvalue weighted by Crippen LogP contribution is 2.14. The fourth-order valence-corrected chi connectivity index (χ4v) is 1.96. The molecule has 2 aromatic rings. The summed E-state index contributed by atoms with van der Waals surface area (Å²) >= 11 is 0. The Balaban J connectivity index is 2.35. The van der Waals surface area contributed by atoms with Gasteiger partial charge in [0.2, 0.25) is 5.78 Å². The third-order valence-electron chi connectivity index (χ3n) is 3.11. The molecular formula is C16H17NO. The van der Waals surface area contributed by atoms with E-state index in [4.69, 9.17) is 0 Å². The van der Waals surface area contributed by atoms with E-state index in [0.29, 0.717) is 11.3 Å². The monoisotopic (exact) mass is 239 g/mol. The standard InChI is InChI=1S/C16H17NO/c1-3-12-7-9-14(10-8-12)16(18)15-13(4-2)6-5-11-17-15/h5-11H,3-4H2,1-2H3. The number of pyridine rings is 1. The summed E-state index contributed by atoms with van der Waals surface area (Å²) in [6, 6.07) is 11.6. The summed E-state index contributed by atoms with van der Waals surface area (Å²) in [7, 11) is 0. The second-order valence-electron chi connectivity index (χ2n) is 4.24. The van der Waals surface area contributed by atoms with E-state index in [1.807, 2.05) is 43.3 Å². The molecule has 0 aliphatic carbocycles. The van der Waals surface area contributed by atoms with E-state index in [-0.39, 0.29) is 5.78 Å².